The molecule has 0 saturated carbocycles. The van der Waals surface area contributed by atoms with Gasteiger partial charge < -0.3 is 13.9 Å². The van der Waals surface area contributed by atoms with E-state index in [0.717, 1.165) is 34.0 Å². The molecule has 0 saturated heterocycles. The molecular formula is C20H19BrO4. The Hall–Kier alpha value is -2.27. The zero-order valence-corrected chi connectivity index (χ0v) is 15.5. The number of aryl methyl sites for hydroxylation is 1. The molecule has 4 nitrogen and oxygen atoms in total. The van der Waals surface area contributed by atoms with Crippen molar-refractivity contribution in [3.8, 4) is 11.5 Å². The summed E-state index contributed by atoms with van der Waals surface area (Å²) in [6.07, 6.45) is 1.83. The van der Waals surface area contributed by atoms with Gasteiger partial charge in [-0.2, -0.15) is 0 Å². The average Bonchev–Trinajstić information content (AvgIpc) is 2.58. The highest BCUT2D eigenvalue weighted by atomic mass is 79.9. The van der Waals surface area contributed by atoms with Gasteiger partial charge in [-0.15, -0.1) is 0 Å². The fourth-order valence-corrected chi connectivity index (χ4v) is 3.03. The van der Waals surface area contributed by atoms with Crippen molar-refractivity contribution in [3.05, 3.63) is 69.0 Å². The van der Waals surface area contributed by atoms with Gasteiger partial charge in [0.05, 0.1) is 0 Å². The Morgan fingerprint density at radius 1 is 1.00 bits per heavy atom. The molecule has 130 valence electrons. The Bertz CT molecular complexity index is 917. The van der Waals surface area contributed by atoms with Gasteiger partial charge in [-0.05, 0) is 42.3 Å². The summed E-state index contributed by atoms with van der Waals surface area (Å²) in [5.41, 5.74) is 1.24. The molecule has 5 heteroatoms. The number of rotatable bonds is 7. The lowest BCUT2D eigenvalue weighted by Gasteiger charge is -2.10. The number of ether oxygens (including phenoxy) is 2. The van der Waals surface area contributed by atoms with E-state index in [1.54, 1.807) is 12.1 Å². The molecule has 25 heavy (non-hydrogen) atoms. The van der Waals surface area contributed by atoms with Crippen molar-refractivity contribution >= 4 is 26.9 Å². The van der Waals surface area contributed by atoms with Crippen molar-refractivity contribution in [2.45, 2.75) is 19.8 Å². The summed E-state index contributed by atoms with van der Waals surface area (Å²) in [5.74, 6) is 1.44. The van der Waals surface area contributed by atoms with Crippen LogP contribution in [0.4, 0.5) is 0 Å². The van der Waals surface area contributed by atoms with E-state index < -0.39 is 0 Å². The Balaban J connectivity index is 1.65. The largest absolute Gasteiger partial charge is 0.490 e. The Morgan fingerprint density at radius 2 is 1.76 bits per heavy atom. The van der Waals surface area contributed by atoms with Crippen LogP contribution in [0.1, 0.15) is 18.9 Å². The monoisotopic (exact) mass is 402 g/mol. The van der Waals surface area contributed by atoms with Gasteiger partial charge in [0.1, 0.15) is 30.3 Å². The molecule has 0 aliphatic rings. The molecule has 0 aliphatic heterocycles. The van der Waals surface area contributed by atoms with Crippen LogP contribution in [0.15, 0.2) is 62.2 Å². The van der Waals surface area contributed by atoms with Crippen molar-refractivity contribution in [2.75, 3.05) is 13.2 Å². The summed E-state index contributed by atoms with van der Waals surface area (Å²) in [6, 6.07) is 14.8. The number of fused-ring (bicyclic) bond motifs is 1. The number of halogens is 1. The molecule has 0 aliphatic carbocycles. The highest BCUT2D eigenvalue weighted by Crippen LogP contribution is 2.23. The second kappa shape index (κ2) is 8.21. The molecule has 0 fully saturated rings. The molecule has 2 aromatic carbocycles. The second-order valence-corrected chi connectivity index (χ2v) is 6.57. The minimum absolute atomic E-state index is 0.328. The maximum Gasteiger partial charge on any atom is 0.336 e. The van der Waals surface area contributed by atoms with Crippen LogP contribution in [-0.2, 0) is 6.42 Å². The van der Waals surface area contributed by atoms with Crippen molar-refractivity contribution in [3.63, 3.8) is 0 Å². The van der Waals surface area contributed by atoms with Crippen LogP contribution in [0.2, 0.25) is 0 Å². The summed E-state index contributed by atoms with van der Waals surface area (Å²) in [7, 11) is 0. The minimum Gasteiger partial charge on any atom is -0.490 e. The van der Waals surface area contributed by atoms with E-state index in [2.05, 4.69) is 22.9 Å². The van der Waals surface area contributed by atoms with E-state index in [1.807, 2.05) is 36.4 Å². The zero-order valence-electron chi connectivity index (χ0n) is 14.0. The molecule has 0 bridgehead atoms. The van der Waals surface area contributed by atoms with E-state index in [0.29, 0.717) is 24.5 Å². The maximum atomic E-state index is 11.7. The summed E-state index contributed by atoms with van der Waals surface area (Å²) in [6.45, 7) is 2.91. The minimum atomic E-state index is -0.328. The topological polar surface area (TPSA) is 48.7 Å². The van der Waals surface area contributed by atoms with E-state index >= 15 is 0 Å². The highest BCUT2D eigenvalue weighted by Gasteiger charge is 2.07. The van der Waals surface area contributed by atoms with Crippen LogP contribution in [-0.4, -0.2) is 13.2 Å². The summed E-state index contributed by atoms with van der Waals surface area (Å²) >= 11 is 3.41. The first kappa shape index (κ1) is 17.5. The Kier molecular flexibility index (Phi) is 5.76. The van der Waals surface area contributed by atoms with Crippen molar-refractivity contribution in [1.29, 1.82) is 0 Å². The van der Waals surface area contributed by atoms with E-state index in [4.69, 9.17) is 13.9 Å². The molecule has 0 spiro atoms. The van der Waals surface area contributed by atoms with Gasteiger partial charge in [-0.25, -0.2) is 4.79 Å². The van der Waals surface area contributed by atoms with Gasteiger partial charge in [0.25, 0.3) is 0 Å². The third kappa shape index (κ3) is 4.63. The fraction of sp³-hybridized carbons (Fsp3) is 0.250. The summed E-state index contributed by atoms with van der Waals surface area (Å²) < 4.78 is 17.6. The van der Waals surface area contributed by atoms with Gasteiger partial charge in [0, 0.05) is 22.0 Å². The molecule has 0 unspecified atom stereocenters. The quantitative estimate of drug-likeness (QED) is 0.413. The second-order valence-electron chi connectivity index (χ2n) is 5.65. The molecule has 3 rings (SSSR count). The first-order valence-corrected chi connectivity index (χ1v) is 9.03. The van der Waals surface area contributed by atoms with Crippen LogP contribution in [0, 0.1) is 0 Å². The van der Waals surface area contributed by atoms with Gasteiger partial charge >= 0.3 is 5.63 Å². The van der Waals surface area contributed by atoms with Gasteiger partial charge in [-0.1, -0.05) is 35.3 Å². The van der Waals surface area contributed by atoms with E-state index in [1.165, 1.54) is 0 Å². The molecule has 0 amide bonds. The Morgan fingerprint density at radius 3 is 2.48 bits per heavy atom. The van der Waals surface area contributed by atoms with Crippen LogP contribution in [0.5, 0.6) is 11.5 Å². The first-order chi connectivity index (χ1) is 12.2. The maximum absolute atomic E-state index is 11.7. The third-order valence-electron chi connectivity index (χ3n) is 3.74. The summed E-state index contributed by atoms with van der Waals surface area (Å²) in [4.78, 5) is 11.7. The molecule has 1 heterocycles. The van der Waals surface area contributed by atoms with Crippen LogP contribution >= 0.6 is 15.9 Å². The zero-order chi connectivity index (χ0) is 17.6. The lowest BCUT2D eigenvalue weighted by Crippen LogP contribution is -2.09. The van der Waals surface area contributed by atoms with Crippen molar-refractivity contribution < 1.29 is 13.9 Å². The predicted molar refractivity (Wildman–Crippen MR) is 102 cm³/mol. The lowest BCUT2D eigenvalue weighted by molar-refractivity contribution is 0.217. The average molecular weight is 403 g/mol. The molecule has 0 N–H and O–H groups in total. The standard InChI is InChI=1S/C20H19BrO4/c1-2-4-14-11-20(22)25-19-13-17(7-8-18(14)19)24-10-9-23-16-6-3-5-15(21)12-16/h3,5-8,11-13H,2,4,9-10H2,1H3. The SMILES string of the molecule is CCCc1cc(=O)oc2cc(OCCOc3cccc(Br)c3)ccc12. The van der Waals surface area contributed by atoms with Gasteiger partial charge in [0.15, 0.2) is 0 Å². The van der Waals surface area contributed by atoms with Gasteiger partial charge in [0.2, 0.25) is 0 Å². The number of hydrogen-bond acceptors (Lipinski definition) is 4. The molecule has 0 atom stereocenters. The highest BCUT2D eigenvalue weighted by molar-refractivity contribution is 9.10. The fourth-order valence-electron chi connectivity index (χ4n) is 2.65. The number of benzene rings is 2. The van der Waals surface area contributed by atoms with Crippen LogP contribution in [0.3, 0.4) is 0 Å². The van der Waals surface area contributed by atoms with Crippen LogP contribution in [0.25, 0.3) is 11.0 Å². The predicted octanol–water partition coefficient (Wildman–Crippen LogP) is 4.97. The molecule has 0 radical (unpaired) electrons. The smallest absolute Gasteiger partial charge is 0.336 e. The first-order valence-electron chi connectivity index (χ1n) is 8.23. The molecule has 1 aromatic heterocycles. The van der Waals surface area contributed by atoms with Gasteiger partial charge in [-0.3, -0.25) is 0 Å². The van der Waals surface area contributed by atoms with E-state index in [9.17, 15) is 4.79 Å². The molecule has 3 aromatic rings. The van der Waals surface area contributed by atoms with Crippen molar-refractivity contribution in [1.82, 2.24) is 0 Å². The van der Waals surface area contributed by atoms with E-state index in [-0.39, 0.29) is 5.63 Å². The molecular weight excluding hydrogens is 384 g/mol. The van der Waals surface area contributed by atoms with Crippen molar-refractivity contribution in [2.24, 2.45) is 0 Å². The summed E-state index contributed by atoms with van der Waals surface area (Å²) in [5, 5.41) is 0.958. The normalized spacial score (nSPS) is 10.8. The Labute approximate surface area is 154 Å². The lowest BCUT2D eigenvalue weighted by atomic mass is 10.1. The van der Waals surface area contributed by atoms with Crippen LogP contribution < -0.4 is 15.1 Å². The number of hydrogen-bond donors (Lipinski definition) is 0. The third-order valence-corrected chi connectivity index (χ3v) is 4.23.